The Morgan fingerprint density at radius 2 is 2.05 bits per heavy atom. The number of benzene rings is 1. The van der Waals surface area contributed by atoms with Gasteiger partial charge in [-0.2, -0.15) is 0 Å². The largest absolute Gasteiger partial charge is 0.494 e. The number of carbonyl (C=O) groups is 1. The zero-order valence-electron chi connectivity index (χ0n) is 11.7. The fraction of sp³-hybridized carbons (Fsp3) is 0.533. The second-order valence-electron chi connectivity index (χ2n) is 5.59. The molecule has 1 aliphatic heterocycles. The van der Waals surface area contributed by atoms with E-state index in [0.29, 0.717) is 19.6 Å². The Morgan fingerprint density at radius 3 is 2.53 bits per heavy atom. The third-order valence-electron chi connectivity index (χ3n) is 3.69. The average molecular weight is 263 g/mol. The molecule has 0 aliphatic carbocycles. The van der Waals surface area contributed by atoms with E-state index >= 15 is 0 Å². The molecule has 1 aromatic rings. The van der Waals surface area contributed by atoms with E-state index in [4.69, 9.17) is 4.74 Å². The number of ether oxygens (including phenoxy) is 1. The molecule has 0 bridgehead atoms. The summed E-state index contributed by atoms with van der Waals surface area (Å²) in [5.41, 5.74) is 0.924. The van der Waals surface area contributed by atoms with Crippen LogP contribution in [0.25, 0.3) is 0 Å². The molecule has 0 radical (unpaired) electrons. The fourth-order valence-corrected chi connectivity index (χ4v) is 2.75. The summed E-state index contributed by atoms with van der Waals surface area (Å²) in [7, 11) is 0. The first-order valence-corrected chi connectivity index (χ1v) is 6.67. The highest BCUT2D eigenvalue weighted by molar-refractivity contribution is 5.73. The lowest BCUT2D eigenvalue weighted by Crippen LogP contribution is -2.38. The predicted molar refractivity (Wildman–Crippen MR) is 74.8 cm³/mol. The van der Waals surface area contributed by atoms with Gasteiger partial charge < -0.3 is 14.7 Å². The number of anilines is 1. The van der Waals surface area contributed by atoms with E-state index in [1.807, 2.05) is 31.2 Å². The van der Waals surface area contributed by atoms with Crippen LogP contribution in [0, 0.1) is 5.92 Å². The van der Waals surface area contributed by atoms with Crippen LogP contribution in [0.5, 0.6) is 5.75 Å². The molecule has 4 nitrogen and oxygen atoms in total. The summed E-state index contributed by atoms with van der Waals surface area (Å²) >= 11 is 0. The van der Waals surface area contributed by atoms with Gasteiger partial charge in [-0.05, 0) is 51.5 Å². The van der Waals surface area contributed by atoms with Crippen molar-refractivity contribution in [1.82, 2.24) is 0 Å². The topological polar surface area (TPSA) is 49.8 Å². The average Bonchev–Trinajstić information content (AvgIpc) is 2.67. The van der Waals surface area contributed by atoms with Crippen LogP contribution in [-0.2, 0) is 4.79 Å². The third-order valence-corrected chi connectivity index (χ3v) is 3.69. The van der Waals surface area contributed by atoms with E-state index in [1.165, 1.54) is 0 Å². The Labute approximate surface area is 114 Å². The second-order valence-corrected chi connectivity index (χ2v) is 5.59. The molecule has 1 saturated heterocycles. The molecular formula is C15H21NO3. The fourth-order valence-electron chi connectivity index (χ4n) is 2.75. The lowest BCUT2D eigenvalue weighted by molar-refractivity contribution is -0.141. The Kier molecular flexibility index (Phi) is 3.69. The van der Waals surface area contributed by atoms with Crippen molar-refractivity contribution in [3.8, 4) is 5.75 Å². The highest BCUT2D eigenvalue weighted by atomic mass is 16.5. The van der Waals surface area contributed by atoms with E-state index in [9.17, 15) is 9.90 Å². The summed E-state index contributed by atoms with van der Waals surface area (Å²) in [4.78, 5) is 13.3. The van der Waals surface area contributed by atoms with Gasteiger partial charge >= 0.3 is 5.97 Å². The summed E-state index contributed by atoms with van der Waals surface area (Å²) in [5.74, 6) is -0.152. The molecule has 0 spiro atoms. The number of nitrogens with zero attached hydrogens (tertiary/aromatic N) is 1. The van der Waals surface area contributed by atoms with Crippen molar-refractivity contribution < 1.29 is 14.6 Å². The van der Waals surface area contributed by atoms with Crippen molar-refractivity contribution in [1.29, 1.82) is 0 Å². The first kappa shape index (κ1) is 13.7. The summed E-state index contributed by atoms with van der Waals surface area (Å²) in [6.07, 6.45) is 0.676. The molecule has 104 valence electrons. The zero-order chi connectivity index (χ0) is 14.0. The molecule has 0 aromatic heterocycles. The highest BCUT2D eigenvalue weighted by Gasteiger charge is 2.41. The molecule has 0 amide bonds. The maximum Gasteiger partial charge on any atom is 0.308 e. The second kappa shape index (κ2) is 5.11. The first-order chi connectivity index (χ1) is 8.94. The number of hydrogen-bond donors (Lipinski definition) is 1. The number of carboxylic acid groups (broad SMARTS) is 1. The number of aliphatic carboxylic acids is 1. The summed E-state index contributed by atoms with van der Waals surface area (Å²) in [6.45, 7) is 7.35. The Hall–Kier alpha value is -1.71. The molecule has 19 heavy (non-hydrogen) atoms. The SMILES string of the molecule is CCOc1ccc(N2CC(C(=O)O)CC2(C)C)cc1. The van der Waals surface area contributed by atoms with E-state index in [2.05, 4.69) is 18.7 Å². The van der Waals surface area contributed by atoms with Gasteiger partial charge in [-0.25, -0.2) is 0 Å². The minimum absolute atomic E-state index is 0.129. The van der Waals surface area contributed by atoms with Gasteiger partial charge in [-0.15, -0.1) is 0 Å². The third kappa shape index (κ3) is 2.83. The normalized spacial score (nSPS) is 21.4. The Bertz CT molecular complexity index is 453. The molecule has 1 atom stereocenters. The molecule has 1 fully saturated rings. The molecule has 1 N–H and O–H groups in total. The molecule has 1 heterocycles. The Balaban J connectivity index is 2.18. The van der Waals surface area contributed by atoms with Crippen molar-refractivity contribution in [2.75, 3.05) is 18.1 Å². The highest BCUT2D eigenvalue weighted by Crippen LogP contribution is 2.37. The van der Waals surface area contributed by atoms with E-state index in [-0.39, 0.29) is 11.5 Å². The quantitative estimate of drug-likeness (QED) is 0.907. The lowest BCUT2D eigenvalue weighted by atomic mass is 9.96. The molecular weight excluding hydrogens is 242 g/mol. The zero-order valence-corrected chi connectivity index (χ0v) is 11.7. The maximum atomic E-state index is 11.2. The predicted octanol–water partition coefficient (Wildman–Crippen LogP) is 2.77. The molecule has 4 heteroatoms. The maximum absolute atomic E-state index is 11.2. The van der Waals surface area contributed by atoms with Crippen LogP contribution in [0.3, 0.4) is 0 Å². The monoisotopic (exact) mass is 263 g/mol. The van der Waals surface area contributed by atoms with Crippen molar-refractivity contribution in [2.24, 2.45) is 5.92 Å². The van der Waals surface area contributed by atoms with Gasteiger partial charge in [0, 0.05) is 17.8 Å². The number of hydrogen-bond acceptors (Lipinski definition) is 3. The van der Waals surface area contributed by atoms with Crippen molar-refractivity contribution in [3.05, 3.63) is 24.3 Å². The van der Waals surface area contributed by atoms with Gasteiger partial charge in [0.15, 0.2) is 0 Å². The summed E-state index contributed by atoms with van der Waals surface area (Å²) < 4.78 is 5.42. The standard InChI is InChI=1S/C15H21NO3/c1-4-19-13-7-5-12(6-8-13)16-10-11(14(17)18)9-15(16,2)3/h5-8,11H,4,9-10H2,1-3H3,(H,17,18). The van der Waals surface area contributed by atoms with Gasteiger partial charge in [0.25, 0.3) is 0 Å². The van der Waals surface area contributed by atoms with Crippen LogP contribution < -0.4 is 9.64 Å². The van der Waals surface area contributed by atoms with Gasteiger partial charge in [0.2, 0.25) is 0 Å². The minimum atomic E-state index is -0.707. The van der Waals surface area contributed by atoms with Crippen molar-refractivity contribution in [3.63, 3.8) is 0 Å². The van der Waals surface area contributed by atoms with Gasteiger partial charge in [-0.1, -0.05) is 0 Å². The molecule has 1 aromatic carbocycles. The smallest absolute Gasteiger partial charge is 0.308 e. The van der Waals surface area contributed by atoms with E-state index < -0.39 is 5.97 Å². The van der Waals surface area contributed by atoms with Crippen LogP contribution >= 0.6 is 0 Å². The van der Waals surface area contributed by atoms with E-state index in [1.54, 1.807) is 0 Å². The van der Waals surface area contributed by atoms with E-state index in [0.717, 1.165) is 11.4 Å². The van der Waals surface area contributed by atoms with Crippen LogP contribution in [0.1, 0.15) is 27.2 Å². The van der Waals surface area contributed by atoms with Crippen molar-refractivity contribution in [2.45, 2.75) is 32.7 Å². The summed E-state index contributed by atoms with van der Waals surface area (Å²) in [6, 6.07) is 7.86. The van der Waals surface area contributed by atoms with Gasteiger partial charge in [0.05, 0.1) is 12.5 Å². The number of rotatable bonds is 4. The Morgan fingerprint density at radius 1 is 1.42 bits per heavy atom. The van der Waals surface area contributed by atoms with Crippen molar-refractivity contribution >= 4 is 11.7 Å². The first-order valence-electron chi connectivity index (χ1n) is 6.67. The molecule has 0 saturated carbocycles. The summed E-state index contributed by atoms with van der Waals surface area (Å²) in [5, 5.41) is 9.18. The van der Waals surface area contributed by atoms with Gasteiger partial charge in [0.1, 0.15) is 5.75 Å². The lowest BCUT2D eigenvalue weighted by Gasteiger charge is -2.33. The minimum Gasteiger partial charge on any atom is -0.494 e. The molecule has 1 aliphatic rings. The van der Waals surface area contributed by atoms with Crippen LogP contribution in [-0.4, -0.2) is 29.8 Å². The van der Waals surface area contributed by atoms with Gasteiger partial charge in [-0.3, -0.25) is 4.79 Å². The molecule has 2 rings (SSSR count). The molecule has 1 unspecified atom stereocenters. The van der Waals surface area contributed by atoms with Crippen LogP contribution in [0.15, 0.2) is 24.3 Å². The van der Waals surface area contributed by atoms with Crippen LogP contribution in [0.4, 0.5) is 5.69 Å². The number of carboxylic acids is 1. The van der Waals surface area contributed by atoms with Crippen LogP contribution in [0.2, 0.25) is 0 Å².